The lowest BCUT2D eigenvalue weighted by Gasteiger charge is -2.40. The minimum atomic E-state index is -4.49. The van der Waals surface area contributed by atoms with Crippen LogP contribution in [0.2, 0.25) is 18.1 Å². The molecule has 0 amide bonds. The molecule has 0 unspecified atom stereocenters. The van der Waals surface area contributed by atoms with Crippen LogP contribution in [0.4, 0.5) is 13.2 Å². The van der Waals surface area contributed by atoms with Crippen molar-refractivity contribution in [2.75, 3.05) is 0 Å². The van der Waals surface area contributed by atoms with Crippen LogP contribution >= 0.6 is 0 Å². The Hall–Kier alpha value is -2.19. The molecular weight excluding hydrogens is 529 g/mol. The minimum Gasteiger partial charge on any atom is -0.546 e. The van der Waals surface area contributed by atoms with E-state index in [2.05, 4.69) is 72.6 Å². The number of pyridine rings is 2. The van der Waals surface area contributed by atoms with Gasteiger partial charge in [-0.1, -0.05) is 48.5 Å². The maximum Gasteiger partial charge on any atom is 0.417 e. The van der Waals surface area contributed by atoms with Crippen molar-refractivity contribution in [2.24, 2.45) is 5.41 Å². The summed E-state index contributed by atoms with van der Waals surface area (Å²) in [5.41, 5.74) is 4.26. The molecule has 0 saturated carbocycles. The van der Waals surface area contributed by atoms with E-state index in [1.807, 2.05) is 0 Å². The number of rotatable bonds is 6. The van der Waals surface area contributed by atoms with Gasteiger partial charge >= 0.3 is 6.18 Å². The number of fused-ring (bicyclic) bond motifs is 1. The quantitative estimate of drug-likeness (QED) is 0.350. The summed E-state index contributed by atoms with van der Waals surface area (Å²) in [6.07, 6.45) is 1.75. The number of hydrogen-bond acceptors (Lipinski definition) is 4. The van der Waals surface area contributed by atoms with E-state index in [4.69, 9.17) is 9.41 Å². The number of aliphatic hydroxyl groups excluding tert-OH is 1. The predicted molar refractivity (Wildman–Crippen MR) is 156 cm³/mol. The second kappa shape index (κ2) is 10.6. The zero-order valence-corrected chi connectivity index (χ0v) is 26.5. The van der Waals surface area contributed by atoms with Gasteiger partial charge in [-0.2, -0.15) is 13.2 Å². The Bertz CT molecular complexity index is 1280. The van der Waals surface area contributed by atoms with Crippen LogP contribution in [-0.2, 0) is 23.4 Å². The molecular formula is C32H45F3N2O2Si. The number of halogens is 3. The van der Waals surface area contributed by atoms with Gasteiger partial charge in [0, 0.05) is 29.1 Å². The summed E-state index contributed by atoms with van der Waals surface area (Å²) >= 11 is 0. The fraction of sp³-hybridized carbons (Fsp3) is 0.625. The average molecular weight is 575 g/mol. The molecule has 2 atom stereocenters. The van der Waals surface area contributed by atoms with Gasteiger partial charge in [0.25, 0.3) is 0 Å². The van der Waals surface area contributed by atoms with Crippen molar-refractivity contribution in [3.05, 3.63) is 69.5 Å². The zero-order chi connectivity index (χ0) is 29.8. The molecule has 2 aliphatic carbocycles. The normalized spacial score (nSPS) is 20.4. The van der Waals surface area contributed by atoms with E-state index in [0.29, 0.717) is 5.56 Å². The van der Waals surface area contributed by atoms with E-state index in [1.54, 1.807) is 0 Å². The molecule has 0 saturated heterocycles. The monoisotopic (exact) mass is 574 g/mol. The third-order valence-electron chi connectivity index (χ3n) is 9.08. The Kier molecular flexibility index (Phi) is 8.13. The van der Waals surface area contributed by atoms with Gasteiger partial charge in [0.05, 0.1) is 17.0 Å². The highest BCUT2D eigenvalue weighted by Crippen LogP contribution is 2.49. The van der Waals surface area contributed by atoms with E-state index in [0.717, 1.165) is 67.1 Å². The Balaban J connectivity index is 1.92. The standard InChI is InChI=1S/C32H45F3N2O2Si/c1-19(2)28-27(29(38)23-14-13-20(18-36-23)32(33,34)35)26(21-15-16-31(6,7)17-24(21)37-28)22-11-10-12-25(22)39-40(8,9)30(3,4)5/h12-14,18-19,22,29,38H,10-11,15-17H2,1-9H3/t22-,29-/m1/s1. The lowest BCUT2D eigenvalue weighted by molar-refractivity contribution is -0.137. The van der Waals surface area contributed by atoms with Crippen molar-refractivity contribution in [2.45, 2.75) is 123 Å². The van der Waals surface area contributed by atoms with E-state index in [9.17, 15) is 18.3 Å². The molecule has 40 heavy (non-hydrogen) atoms. The van der Waals surface area contributed by atoms with Crippen LogP contribution in [-0.4, -0.2) is 23.4 Å². The molecule has 0 spiro atoms. The molecule has 2 aromatic heterocycles. The van der Waals surface area contributed by atoms with Gasteiger partial charge in [-0.3, -0.25) is 9.97 Å². The molecule has 4 rings (SSSR count). The second-order valence-electron chi connectivity index (χ2n) is 14.2. The van der Waals surface area contributed by atoms with Gasteiger partial charge in [-0.25, -0.2) is 0 Å². The highest BCUT2D eigenvalue weighted by atomic mass is 28.4. The molecule has 0 radical (unpaired) electrons. The fourth-order valence-corrected chi connectivity index (χ4v) is 6.81. The molecule has 2 aliphatic rings. The van der Waals surface area contributed by atoms with Gasteiger partial charge in [-0.15, -0.1) is 0 Å². The summed E-state index contributed by atoms with van der Waals surface area (Å²) in [5.74, 6) is 0.931. The Morgan fingerprint density at radius 3 is 2.35 bits per heavy atom. The first kappa shape index (κ1) is 30.8. The summed E-state index contributed by atoms with van der Waals surface area (Å²) in [5, 5.41) is 11.9. The van der Waals surface area contributed by atoms with Crippen molar-refractivity contribution < 1.29 is 22.7 Å². The maximum atomic E-state index is 13.3. The summed E-state index contributed by atoms with van der Waals surface area (Å²) in [6, 6.07) is 2.29. The largest absolute Gasteiger partial charge is 0.546 e. The Morgan fingerprint density at radius 1 is 1.12 bits per heavy atom. The average Bonchev–Trinajstić information content (AvgIpc) is 3.27. The van der Waals surface area contributed by atoms with Crippen LogP contribution in [0.1, 0.15) is 125 Å². The number of aliphatic hydroxyl groups is 1. The summed E-state index contributed by atoms with van der Waals surface area (Å²) < 4.78 is 46.7. The summed E-state index contributed by atoms with van der Waals surface area (Å²) in [4.78, 5) is 9.26. The summed E-state index contributed by atoms with van der Waals surface area (Å²) in [6.45, 7) is 19.8. The molecule has 8 heteroatoms. The van der Waals surface area contributed by atoms with Crippen molar-refractivity contribution in [3.8, 4) is 0 Å². The minimum absolute atomic E-state index is 0.00308. The van der Waals surface area contributed by atoms with Crippen LogP contribution in [0.15, 0.2) is 30.2 Å². The van der Waals surface area contributed by atoms with Crippen LogP contribution in [0.5, 0.6) is 0 Å². The molecule has 0 fully saturated rings. The maximum absolute atomic E-state index is 13.3. The number of allylic oxidation sites excluding steroid dienone is 2. The van der Waals surface area contributed by atoms with Gasteiger partial charge in [0.2, 0.25) is 8.32 Å². The van der Waals surface area contributed by atoms with E-state index in [1.165, 1.54) is 11.6 Å². The van der Waals surface area contributed by atoms with Crippen molar-refractivity contribution >= 4 is 8.32 Å². The predicted octanol–water partition coefficient (Wildman–Crippen LogP) is 9.00. The fourth-order valence-electron chi connectivity index (χ4n) is 5.69. The smallest absolute Gasteiger partial charge is 0.417 e. The second-order valence-corrected chi connectivity index (χ2v) is 18.9. The Morgan fingerprint density at radius 2 is 1.80 bits per heavy atom. The zero-order valence-electron chi connectivity index (χ0n) is 25.5. The van der Waals surface area contributed by atoms with Crippen molar-refractivity contribution in [1.82, 2.24) is 9.97 Å². The van der Waals surface area contributed by atoms with E-state index >= 15 is 0 Å². The van der Waals surface area contributed by atoms with Crippen molar-refractivity contribution in [3.63, 3.8) is 0 Å². The molecule has 0 aliphatic heterocycles. The molecule has 0 bridgehead atoms. The number of nitrogens with zero attached hydrogens (tertiary/aromatic N) is 2. The lowest BCUT2D eigenvalue weighted by atomic mass is 9.72. The van der Waals surface area contributed by atoms with Crippen molar-refractivity contribution in [1.29, 1.82) is 0 Å². The number of alkyl halides is 3. The number of aromatic nitrogens is 2. The highest BCUT2D eigenvalue weighted by Gasteiger charge is 2.43. The first-order valence-corrected chi connectivity index (χ1v) is 17.4. The molecule has 1 N–H and O–H groups in total. The molecule has 2 aromatic rings. The van der Waals surface area contributed by atoms with Crippen LogP contribution in [0.3, 0.4) is 0 Å². The molecule has 220 valence electrons. The van der Waals surface area contributed by atoms with E-state index in [-0.39, 0.29) is 28.0 Å². The van der Waals surface area contributed by atoms with Crippen LogP contribution in [0, 0.1) is 5.41 Å². The molecule has 2 heterocycles. The topological polar surface area (TPSA) is 55.2 Å². The van der Waals surface area contributed by atoms with E-state index < -0.39 is 26.2 Å². The lowest BCUT2D eigenvalue weighted by Crippen LogP contribution is -2.41. The third kappa shape index (κ3) is 6.03. The summed E-state index contributed by atoms with van der Waals surface area (Å²) in [7, 11) is -2.14. The van der Waals surface area contributed by atoms with Gasteiger partial charge in [0.1, 0.15) is 6.10 Å². The van der Waals surface area contributed by atoms with Gasteiger partial charge in [0.15, 0.2) is 0 Å². The first-order chi connectivity index (χ1) is 18.3. The third-order valence-corrected chi connectivity index (χ3v) is 13.4. The van der Waals surface area contributed by atoms with Crippen LogP contribution in [0.25, 0.3) is 0 Å². The Labute approximate surface area is 238 Å². The SMILES string of the molecule is CC(C)c1nc2c(c([C@@H]3CCC=C3O[Si](C)(C)C(C)(C)C)c1[C@H](O)c1ccc(C(F)(F)F)cn1)CCC(C)(C)C2. The number of hydrogen-bond donors (Lipinski definition) is 1. The molecule has 4 nitrogen and oxygen atoms in total. The first-order valence-electron chi connectivity index (χ1n) is 14.5. The van der Waals surface area contributed by atoms with Crippen LogP contribution < -0.4 is 0 Å². The van der Waals surface area contributed by atoms with Gasteiger partial charge in [-0.05, 0) is 90.9 Å². The van der Waals surface area contributed by atoms with Gasteiger partial charge < -0.3 is 9.53 Å². The molecule has 0 aromatic carbocycles. The highest BCUT2D eigenvalue weighted by molar-refractivity contribution is 6.74.